The Kier molecular flexibility index (Phi) is 4.94. The molecule has 3 heteroatoms. The van der Waals surface area contributed by atoms with Crippen LogP contribution < -0.4 is 5.73 Å². The highest BCUT2D eigenvalue weighted by atomic mass is 79.9. The molecule has 2 aromatic rings. The third-order valence-corrected chi connectivity index (χ3v) is 5.06. The van der Waals surface area contributed by atoms with Crippen LogP contribution in [0.15, 0.2) is 51.8 Å². The first kappa shape index (κ1) is 14.5. The minimum atomic E-state index is 0.591. The summed E-state index contributed by atoms with van der Waals surface area (Å²) in [5.41, 5.74) is 9.27. The van der Waals surface area contributed by atoms with Gasteiger partial charge >= 0.3 is 0 Å². The number of thioether (sulfide) groups is 1. The quantitative estimate of drug-likeness (QED) is 0.594. The van der Waals surface area contributed by atoms with Crippen LogP contribution in [-0.2, 0) is 5.75 Å². The third kappa shape index (κ3) is 4.02. The second kappa shape index (κ2) is 6.49. The predicted molar refractivity (Wildman–Crippen MR) is 88.6 cm³/mol. The number of anilines is 1. The van der Waals surface area contributed by atoms with Crippen molar-refractivity contribution in [1.29, 1.82) is 0 Å². The standard InChI is InChI=1S/C16H18BrNS/c1-11(2)13-5-3-12(4-6-13)10-19-16-8-7-14(18)9-15(16)17/h3-9,11H,10,18H2,1-2H3. The highest BCUT2D eigenvalue weighted by Crippen LogP contribution is 2.31. The molecule has 0 bridgehead atoms. The molecule has 2 aromatic carbocycles. The van der Waals surface area contributed by atoms with Crippen LogP contribution >= 0.6 is 27.7 Å². The van der Waals surface area contributed by atoms with E-state index < -0.39 is 0 Å². The molecule has 0 saturated heterocycles. The van der Waals surface area contributed by atoms with Crippen molar-refractivity contribution in [1.82, 2.24) is 0 Å². The topological polar surface area (TPSA) is 26.0 Å². The zero-order valence-corrected chi connectivity index (χ0v) is 13.6. The maximum Gasteiger partial charge on any atom is 0.0331 e. The molecule has 0 fully saturated rings. The highest BCUT2D eigenvalue weighted by molar-refractivity contribution is 9.10. The molecule has 0 aliphatic heterocycles. The van der Waals surface area contributed by atoms with Crippen LogP contribution in [0.25, 0.3) is 0 Å². The zero-order chi connectivity index (χ0) is 13.8. The van der Waals surface area contributed by atoms with E-state index in [1.165, 1.54) is 16.0 Å². The second-order valence-electron chi connectivity index (χ2n) is 4.87. The summed E-state index contributed by atoms with van der Waals surface area (Å²) in [6, 6.07) is 14.8. The van der Waals surface area contributed by atoms with E-state index in [9.17, 15) is 0 Å². The van der Waals surface area contributed by atoms with Crippen LogP contribution in [0.5, 0.6) is 0 Å². The van der Waals surface area contributed by atoms with Crippen molar-refractivity contribution in [3.05, 3.63) is 58.1 Å². The third-order valence-electron chi connectivity index (χ3n) is 3.00. The molecule has 2 N–H and O–H groups in total. The Hall–Kier alpha value is -0.930. The van der Waals surface area contributed by atoms with Crippen LogP contribution in [0.4, 0.5) is 5.69 Å². The Balaban J connectivity index is 2.02. The van der Waals surface area contributed by atoms with E-state index in [0.29, 0.717) is 5.92 Å². The normalized spacial score (nSPS) is 10.9. The van der Waals surface area contributed by atoms with Gasteiger partial charge in [0.2, 0.25) is 0 Å². The van der Waals surface area contributed by atoms with Gasteiger partial charge in [0, 0.05) is 20.8 Å². The lowest BCUT2D eigenvalue weighted by atomic mass is 10.0. The Bertz CT molecular complexity index is 549. The lowest BCUT2D eigenvalue weighted by molar-refractivity contribution is 0.866. The summed E-state index contributed by atoms with van der Waals surface area (Å²) in [4.78, 5) is 1.22. The largest absolute Gasteiger partial charge is 0.399 e. The van der Waals surface area contributed by atoms with Crippen molar-refractivity contribution in [2.24, 2.45) is 0 Å². The van der Waals surface area contributed by atoms with E-state index in [4.69, 9.17) is 5.73 Å². The molecule has 0 atom stereocenters. The van der Waals surface area contributed by atoms with E-state index in [1.807, 2.05) is 23.9 Å². The fourth-order valence-electron chi connectivity index (χ4n) is 1.79. The Morgan fingerprint density at radius 3 is 2.37 bits per heavy atom. The SMILES string of the molecule is CC(C)c1ccc(CSc2ccc(N)cc2Br)cc1. The Morgan fingerprint density at radius 1 is 1.11 bits per heavy atom. The summed E-state index contributed by atoms with van der Waals surface area (Å²) >= 11 is 5.37. The van der Waals surface area contributed by atoms with Crippen LogP contribution in [0.1, 0.15) is 30.9 Å². The first-order valence-electron chi connectivity index (χ1n) is 6.33. The van der Waals surface area contributed by atoms with Gasteiger partial charge < -0.3 is 5.73 Å². The number of hydrogen-bond acceptors (Lipinski definition) is 2. The van der Waals surface area contributed by atoms with E-state index in [0.717, 1.165) is 15.9 Å². The van der Waals surface area contributed by atoms with E-state index in [2.05, 4.69) is 60.1 Å². The summed E-state index contributed by atoms with van der Waals surface area (Å²) < 4.78 is 1.07. The number of nitrogens with two attached hydrogens (primary N) is 1. The monoisotopic (exact) mass is 335 g/mol. The lowest BCUT2D eigenvalue weighted by Crippen LogP contribution is -1.88. The lowest BCUT2D eigenvalue weighted by Gasteiger charge is -2.08. The highest BCUT2D eigenvalue weighted by Gasteiger charge is 2.03. The van der Waals surface area contributed by atoms with Gasteiger partial charge in [-0.25, -0.2) is 0 Å². The molecule has 0 radical (unpaired) electrons. The molecule has 0 spiro atoms. The number of rotatable bonds is 4. The number of benzene rings is 2. The average molecular weight is 336 g/mol. The average Bonchev–Trinajstić information content (AvgIpc) is 2.38. The first-order chi connectivity index (χ1) is 9.06. The minimum absolute atomic E-state index is 0.591. The summed E-state index contributed by atoms with van der Waals surface area (Å²) in [7, 11) is 0. The maximum atomic E-state index is 5.74. The Labute approximate surface area is 127 Å². The molecule has 0 unspecified atom stereocenters. The van der Waals surface area contributed by atoms with Crippen molar-refractivity contribution >= 4 is 33.4 Å². The molecule has 100 valence electrons. The van der Waals surface area contributed by atoms with Crippen molar-refractivity contribution in [3.63, 3.8) is 0 Å². The molecular formula is C16H18BrNS. The van der Waals surface area contributed by atoms with E-state index in [1.54, 1.807) is 0 Å². The molecule has 2 rings (SSSR count). The fourth-order valence-corrected chi connectivity index (χ4v) is 3.41. The van der Waals surface area contributed by atoms with Crippen molar-refractivity contribution in [2.75, 3.05) is 5.73 Å². The molecule has 19 heavy (non-hydrogen) atoms. The van der Waals surface area contributed by atoms with Crippen molar-refractivity contribution in [2.45, 2.75) is 30.4 Å². The van der Waals surface area contributed by atoms with Gasteiger partial charge in [0.1, 0.15) is 0 Å². The molecule has 0 aliphatic carbocycles. The van der Waals surface area contributed by atoms with Gasteiger partial charge in [-0.1, -0.05) is 38.1 Å². The predicted octanol–water partition coefficient (Wildman–Crippen LogP) is 5.45. The number of nitrogen functional groups attached to an aromatic ring is 1. The second-order valence-corrected chi connectivity index (χ2v) is 6.75. The maximum absolute atomic E-state index is 5.74. The van der Waals surface area contributed by atoms with Gasteiger partial charge in [0.25, 0.3) is 0 Å². The van der Waals surface area contributed by atoms with Crippen LogP contribution in [0, 0.1) is 0 Å². The molecule has 0 aromatic heterocycles. The fraction of sp³-hybridized carbons (Fsp3) is 0.250. The van der Waals surface area contributed by atoms with Crippen LogP contribution in [0.3, 0.4) is 0 Å². The minimum Gasteiger partial charge on any atom is -0.399 e. The van der Waals surface area contributed by atoms with Crippen molar-refractivity contribution in [3.8, 4) is 0 Å². The summed E-state index contributed by atoms with van der Waals surface area (Å²) in [5, 5.41) is 0. The van der Waals surface area contributed by atoms with Gasteiger partial charge in [-0.15, -0.1) is 11.8 Å². The molecule has 0 aliphatic rings. The first-order valence-corrected chi connectivity index (χ1v) is 8.11. The molecular weight excluding hydrogens is 318 g/mol. The van der Waals surface area contributed by atoms with Gasteiger partial charge in [-0.3, -0.25) is 0 Å². The summed E-state index contributed by atoms with van der Waals surface area (Å²) in [6.07, 6.45) is 0. The number of hydrogen-bond donors (Lipinski definition) is 1. The molecule has 0 heterocycles. The Morgan fingerprint density at radius 2 is 1.79 bits per heavy atom. The van der Waals surface area contributed by atoms with Gasteiger partial charge in [-0.2, -0.15) is 0 Å². The molecule has 0 amide bonds. The van der Waals surface area contributed by atoms with Gasteiger partial charge in [-0.05, 0) is 51.2 Å². The number of halogens is 1. The van der Waals surface area contributed by atoms with E-state index in [-0.39, 0.29) is 0 Å². The summed E-state index contributed by atoms with van der Waals surface area (Å²) in [6.45, 7) is 4.44. The zero-order valence-electron chi connectivity index (χ0n) is 11.2. The molecule has 1 nitrogen and oxygen atoms in total. The van der Waals surface area contributed by atoms with Gasteiger partial charge in [0.05, 0.1) is 0 Å². The smallest absolute Gasteiger partial charge is 0.0331 e. The van der Waals surface area contributed by atoms with Crippen molar-refractivity contribution < 1.29 is 0 Å². The van der Waals surface area contributed by atoms with E-state index >= 15 is 0 Å². The van der Waals surface area contributed by atoms with Gasteiger partial charge in [0.15, 0.2) is 0 Å². The van der Waals surface area contributed by atoms with Crippen LogP contribution in [0.2, 0.25) is 0 Å². The van der Waals surface area contributed by atoms with Crippen LogP contribution in [-0.4, -0.2) is 0 Å². The molecule has 0 saturated carbocycles. The summed E-state index contributed by atoms with van der Waals surface area (Å²) in [5.74, 6) is 1.56.